The average molecular weight is 166 g/mol. The van der Waals surface area contributed by atoms with Gasteiger partial charge in [-0.05, 0) is 25.0 Å². The maximum absolute atomic E-state index is 6.88. The largest absolute Gasteiger partial charge is 0.238 e. The second kappa shape index (κ2) is 2.94. The third kappa shape index (κ3) is 1.53. The predicted molar refractivity (Wildman–Crippen MR) is 47.2 cm³/mol. The summed E-state index contributed by atoms with van der Waals surface area (Å²) in [6.07, 6.45) is 0. The molecule has 0 aliphatic rings. The minimum absolute atomic E-state index is 0.701. The van der Waals surface area contributed by atoms with E-state index in [1.165, 1.54) is 0 Å². The number of benzene rings is 1. The first-order chi connectivity index (χ1) is 5.15. The van der Waals surface area contributed by atoms with Gasteiger partial charge in [0.05, 0.1) is 6.57 Å². The fourth-order valence-electron chi connectivity index (χ4n) is 1.08. The van der Waals surface area contributed by atoms with Gasteiger partial charge in [0.1, 0.15) is 0 Å². The zero-order valence-corrected chi connectivity index (χ0v) is 7.24. The standard InChI is InChI=1S/C9H8ClN/c1-6-4-8(10)5-7(2)9(6)11-3/h4-5H,1-2H3. The second-order valence-corrected chi connectivity index (χ2v) is 2.94. The Hall–Kier alpha value is -1.00. The highest BCUT2D eigenvalue weighted by Crippen LogP contribution is 2.26. The van der Waals surface area contributed by atoms with Crippen LogP contribution in [0, 0.1) is 20.4 Å². The first-order valence-corrected chi connectivity index (χ1v) is 3.67. The molecule has 56 valence electrons. The average Bonchev–Trinajstić information content (AvgIpc) is 1.85. The van der Waals surface area contributed by atoms with Gasteiger partial charge in [-0.15, -0.1) is 0 Å². The smallest absolute Gasteiger partial charge is 0.193 e. The van der Waals surface area contributed by atoms with E-state index in [2.05, 4.69) is 4.85 Å². The van der Waals surface area contributed by atoms with Crippen molar-refractivity contribution in [2.45, 2.75) is 13.8 Å². The minimum atomic E-state index is 0.701. The molecule has 2 heteroatoms. The Morgan fingerprint density at radius 3 is 2.09 bits per heavy atom. The SMILES string of the molecule is [C-]#[N+]c1c(C)cc(Cl)cc1C. The molecule has 1 rings (SSSR count). The van der Waals surface area contributed by atoms with Crippen LogP contribution in [0.15, 0.2) is 12.1 Å². The van der Waals surface area contributed by atoms with Gasteiger partial charge < -0.3 is 0 Å². The molecule has 0 saturated carbocycles. The van der Waals surface area contributed by atoms with Crippen molar-refractivity contribution in [1.29, 1.82) is 0 Å². The number of rotatable bonds is 0. The molecular weight excluding hydrogens is 158 g/mol. The van der Waals surface area contributed by atoms with E-state index in [-0.39, 0.29) is 0 Å². The first-order valence-electron chi connectivity index (χ1n) is 3.29. The van der Waals surface area contributed by atoms with Gasteiger partial charge in [0.2, 0.25) is 0 Å². The van der Waals surface area contributed by atoms with Crippen LogP contribution in [0.4, 0.5) is 5.69 Å². The summed E-state index contributed by atoms with van der Waals surface area (Å²) in [5.41, 5.74) is 2.62. The van der Waals surface area contributed by atoms with Gasteiger partial charge in [0, 0.05) is 5.02 Å². The van der Waals surface area contributed by atoms with E-state index in [1.807, 2.05) is 26.0 Å². The molecule has 0 heterocycles. The molecule has 0 spiro atoms. The van der Waals surface area contributed by atoms with Crippen molar-refractivity contribution in [3.8, 4) is 0 Å². The summed E-state index contributed by atoms with van der Waals surface area (Å²) in [5, 5.41) is 0.701. The summed E-state index contributed by atoms with van der Waals surface area (Å²) >= 11 is 5.78. The summed E-state index contributed by atoms with van der Waals surface area (Å²) in [6.45, 7) is 10.7. The van der Waals surface area contributed by atoms with Crippen molar-refractivity contribution in [3.05, 3.63) is 39.7 Å². The molecule has 0 fully saturated rings. The highest BCUT2D eigenvalue weighted by molar-refractivity contribution is 6.30. The van der Waals surface area contributed by atoms with Crippen LogP contribution >= 0.6 is 11.6 Å². The molecule has 1 nitrogen and oxygen atoms in total. The van der Waals surface area contributed by atoms with Crippen molar-refractivity contribution in [2.24, 2.45) is 0 Å². The highest BCUT2D eigenvalue weighted by Gasteiger charge is 2.02. The Morgan fingerprint density at radius 1 is 1.27 bits per heavy atom. The maximum atomic E-state index is 6.88. The van der Waals surface area contributed by atoms with Crippen molar-refractivity contribution in [2.75, 3.05) is 0 Å². The van der Waals surface area contributed by atoms with Crippen LogP contribution in [0.3, 0.4) is 0 Å². The third-order valence-electron chi connectivity index (χ3n) is 1.57. The molecule has 0 aliphatic heterocycles. The second-order valence-electron chi connectivity index (χ2n) is 2.50. The quantitative estimate of drug-likeness (QED) is 0.519. The Kier molecular flexibility index (Phi) is 2.16. The molecule has 1 aromatic rings. The molecule has 0 unspecified atom stereocenters. The fraction of sp³-hybridized carbons (Fsp3) is 0.222. The van der Waals surface area contributed by atoms with Crippen LogP contribution in [0.1, 0.15) is 11.1 Å². The Bertz CT molecular complexity index is 300. The fourth-order valence-corrected chi connectivity index (χ4v) is 1.41. The number of nitrogens with zero attached hydrogens (tertiary/aromatic N) is 1. The van der Waals surface area contributed by atoms with E-state index in [9.17, 15) is 0 Å². The number of aryl methyl sites for hydroxylation is 2. The summed E-state index contributed by atoms with van der Waals surface area (Å²) in [4.78, 5) is 3.40. The van der Waals surface area contributed by atoms with E-state index in [0.29, 0.717) is 5.02 Å². The van der Waals surface area contributed by atoms with Crippen LogP contribution < -0.4 is 0 Å². The van der Waals surface area contributed by atoms with Gasteiger partial charge in [0.15, 0.2) is 5.69 Å². The summed E-state index contributed by atoms with van der Waals surface area (Å²) < 4.78 is 0. The van der Waals surface area contributed by atoms with Gasteiger partial charge in [-0.3, -0.25) is 0 Å². The van der Waals surface area contributed by atoms with Crippen LogP contribution in [-0.2, 0) is 0 Å². The molecule has 11 heavy (non-hydrogen) atoms. The van der Waals surface area contributed by atoms with Gasteiger partial charge >= 0.3 is 0 Å². The number of hydrogen-bond acceptors (Lipinski definition) is 0. The van der Waals surface area contributed by atoms with Crippen molar-refractivity contribution in [1.82, 2.24) is 0 Å². The zero-order chi connectivity index (χ0) is 8.43. The van der Waals surface area contributed by atoms with E-state index in [4.69, 9.17) is 18.2 Å². The van der Waals surface area contributed by atoms with Gasteiger partial charge in [-0.25, -0.2) is 4.85 Å². The molecular formula is C9H8ClN. The van der Waals surface area contributed by atoms with Crippen LogP contribution in [-0.4, -0.2) is 0 Å². The monoisotopic (exact) mass is 165 g/mol. The minimum Gasteiger partial charge on any atom is -0.238 e. The number of hydrogen-bond donors (Lipinski definition) is 0. The van der Waals surface area contributed by atoms with Gasteiger partial charge in [-0.1, -0.05) is 23.7 Å². The van der Waals surface area contributed by atoms with Crippen molar-refractivity contribution >= 4 is 17.3 Å². The Labute approximate surface area is 71.4 Å². The van der Waals surface area contributed by atoms with Gasteiger partial charge in [-0.2, -0.15) is 0 Å². The lowest BCUT2D eigenvalue weighted by atomic mass is 10.1. The Balaban J connectivity index is 3.40. The summed E-state index contributed by atoms with van der Waals surface area (Å²) in [5.74, 6) is 0. The number of halogens is 1. The van der Waals surface area contributed by atoms with E-state index < -0.39 is 0 Å². The lowest BCUT2D eigenvalue weighted by Gasteiger charge is -2.01. The van der Waals surface area contributed by atoms with Crippen molar-refractivity contribution in [3.63, 3.8) is 0 Å². The van der Waals surface area contributed by atoms with E-state index >= 15 is 0 Å². The predicted octanol–water partition coefficient (Wildman–Crippen LogP) is 3.51. The third-order valence-corrected chi connectivity index (χ3v) is 1.79. The highest BCUT2D eigenvalue weighted by atomic mass is 35.5. The van der Waals surface area contributed by atoms with Gasteiger partial charge in [0.25, 0.3) is 0 Å². The molecule has 0 aliphatic carbocycles. The molecule has 0 bridgehead atoms. The molecule has 0 radical (unpaired) electrons. The maximum Gasteiger partial charge on any atom is 0.193 e. The van der Waals surface area contributed by atoms with E-state index in [0.717, 1.165) is 16.8 Å². The van der Waals surface area contributed by atoms with Crippen LogP contribution in [0.5, 0.6) is 0 Å². The lowest BCUT2D eigenvalue weighted by Crippen LogP contribution is -1.78. The van der Waals surface area contributed by atoms with Crippen molar-refractivity contribution < 1.29 is 0 Å². The lowest BCUT2D eigenvalue weighted by molar-refractivity contribution is 1.40. The molecule has 0 amide bonds. The molecule has 0 atom stereocenters. The van der Waals surface area contributed by atoms with Crippen LogP contribution in [0.2, 0.25) is 5.02 Å². The van der Waals surface area contributed by atoms with Crippen LogP contribution in [0.25, 0.3) is 4.85 Å². The topological polar surface area (TPSA) is 4.36 Å². The van der Waals surface area contributed by atoms with E-state index in [1.54, 1.807) is 0 Å². The summed E-state index contributed by atoms with van der Waals surface area (Å²) in [6, 6.07) is 3.61. The molecule has 1 aromatic carbocycles. The molecule has 0 saturated heterocycles. The normalized spacial score (nSPS) is 9.27. The first kappa shape index (κ1) is 8.10. The Morgan fingerprint density at radius 2 is 1.73 bits per heavy atom. The molecule has 0 N–H and O–H groups in total. The summed E-state index contributed by atoms with van der Waals surface area (Å²) in [7, 11) is 0. The zero-order valence-electron chi connectivity index (χ0n) is 6.48. The molecule has 0 aromatic heterocycles.